The number of phenolic OH excluding ortho intramolecular Hbond substituents is 1. The van der Waals surface area contributed by atoms with E-state index in [0.29, 0.717) is 24.9 Å². The summed E-state index contributed by atoms with van der Waals surface area (Å²) >= 11 is 0. The molecule has 0 spiro atoms. The van der Waals surface area contributed by atoms with Gasteiger partial charge in [-0.2, -0.15) is 22.0 Å². The van der Waals surface area contributed by atoms with Crippen molar-refractivity contribution in [3.8, 4) is 11.4 Å². The topological polar surface area (TPSA) is 96.4 Å². The number of halogens is 5. The van der Waals surface area contributed by atoms with Crippen LogP contribution < -0.4 is 10.9 Å². The first kappa shape index (κ1) is 31.1. The number of aromatic nitrogens is 2. The van der Waals surface area contributed by atoms with Crippen LogP contribution in [0.3, 0.4) is 0 Å². The van der Waals surface area contributed by atoms with Gasteiger partial charge in [-0.15, -0.1) is 0 Å². The van der Waals surface area contributed by atoms with Crippen LogP contribution in [0.4, 0.5) is 27.6 Å². The molecule has 0 aliphatic heterocycles. The van der Waals surface area contributed by atoms with Gasteiger partial charge in [0.1, 0.15) is 17.5 Å². The van der Waals surface area contributed by atoms with E-state index in [2.05, 4.69) is 10.4 Å². The molecule has 0 amide bonds. The number of para-hydroxylation sites is 1. The number of rotatable bonds is 8. The molecule has 1 aliphatic rings. The summed E-state index contributed by atoms with van der Waals surface area (Å²) in [6, 6.07) is 5.94. The van der Waals surface area contributed by atoms with E-state index in [0.717, 1.165) is 21.9 Å². The Hall–Kier alpha value is -3.83. The third-order valence-corrected chi connectivity index (χ3v) is 7.99. The summed E-state index contributed by atoms with van der Waals surface area (Å²) in [5.41, 5.74) is 0.275. The fourth-order valence-corrected chi connectivity index (χ4v) is 5.52. The smallest absolute Gasteiger partial charge is 0.455 e. The number of benzene rings is 2. The molecular formula is C30H34F5N3O4. The average Bonchev–Trinajstić information content (AvgIpc) is 3.21. The molecule has 3 N–H and O–H groups in total. The highest BCUT2D eigenvalue weighted by atomic mass is 19.4. The van der Waals surface area contributed by atoms with E-state index in [1.54, 1.807) is 25.1 Å². The third-order valence-electron chi connectivity index (χ3n) is 7.99. The first-order valence-corrected chi connectivity index (χ1v) is 13.8. The summed E-state index contributed by atoms with van der Waals surface area (Å²) in [5.74, 6) is -7.49. The number of H-pyrrole nitrogens is 1. The molecule has 0 saturated heterocycles. The van der Waals surface area contributed by atoms with Crippen LogP contribution >= 0.6 is 0 Å². The Kier molecular flexibility index (Phi) is 8.75. The lowest BCUT2D eigenvalue weighted by Gasteiger charge is -2.32. The fourth-order valence-electron chi connectivity index (χ4n) is 5.52. The lowest BCUT2D eigenvalue weighted by molar-refractivity contribution is -0.288. The van der Waals surface area contributed by atoms with E-state index in [-0.39, 0.29) is 24.3 Å². The standard InChI is InChI=1S/C30H34F5N3O4/c1-5-42-28(41)20-9-6-8-19(15-20)22-10-7-11-23(25(22)39)26(29(31,32)30(33,34)35)36-24-18(4)37-38(27(24)40)21-13-12-16(2)17(3)14-21/h7,10-14,19-20,26,36-37,39H,5-6,8-9,15H2,1-4H3. The van der Waals surface area contributed by atoms with E-state index in [4.69, 9.17) is 4.74 Å². The molecule has 4 rings (SSSR count). The van der Waals surface area contributed by atoms with Crippen LogP contribution in [-0.2, 0) is 9.53 Å². The summed E-state index contributed by atoms with van der Waals surface area (Å²) in [6.45, 7) is 6.91. The van der Waals surface area contributed by atoms with Gasteiger partial charge in [0.2, 0.25) is 0 Å². The highest BCUT2D eigenvalue weighted by Gasteiger charge is 2.63. The molecule has 3 atom stereocenters. The molecule has 0 radical (unpaired) electrons. The van der Waals surface area contributed by atoms with E-state index in [1.807, 2.05) is 13.8 Å². The van der Waals surface area contributed by atoms with Gasteiger partial charge in [-0.1, -0.05) is 30.7 Å². The van der Waals surface area contributed by atoms with Crippen molar-refractivity contribution in [2.24, 2.45) is 5.92 Å². The maximum absolute atomic E-state index is 15.2. The highest BCUT2D eigenvalue weighted by Crippen LogP contribution is 2.50. The third kappa shape index (κ3) is 5.89. The molecule has 1 aromatic heterocycles. The molecule has 7 nitrogen and oxygen atoms in total. The Labute approximate surface area is 239 Å². The van der Waals surface area contributed by atoms with Crippen LogP contribution in [0.2, 0.25) is 0 Å². The molecule has 12 heteroatoms. The van der Waals surface area contributed by atoms with Crippen LogP contribution in [0, 0.1) is 26.7 Å². The summed E-state index contributed by atoms with van der Waals surface area (Å²) in [5, 5.41) is 16.1. The number of phenols is 1. The van der Waals surface area contributed by atoms with Gasteiger partial charge in [-0.05, 0) is 81.7 Å². The normalized spacial score (nSPS) is 18.5. The summed E-state index contributed by atoms with van der Waals surface area (Å²) in [7, 11) is 0. The predicted octanol–water partition coefficient (Wildman–Crippen LogP) is 6.98. The molecule has 0 bridgehead atoms. The van der Waals surface area contributed by atoms with Crippen molar-refractivity contribution >= 4 is 11.7 Å². The Morgan fingerprint density at radius 2 is 1.83 bits per heavy atom. The number of alkyl halides is 5. The minimum Gasteiger partial charge on any atom is -0.507 e. The predicted molar refractivity (Wildman–Crippen MR) is 147 cm³/mol. The van der Waals surface area contributed by atoms with Crippen molar-refractivity contribution in [1.82, 2.24) is 9.78 Å². The summed E-state index contributed by atoms with van der Waals surface area (Å²) in [4.78, 5) is 25.6. The Bertz CT molecular complexity index is 1510. The summed E-state index contributed by atoms with van der Waals surface area (Å²) in [6.07, 6.45) is -4.13. The number of carbonyl (C=O) groups is 1. The largest absolute Gasteiger partial charge is 0.507 e. The minimum absolute atomic E-state index is 0.0291. The number of esters is 1. The minimum atomic E-state index is -6.01. The van der Waals surface area contributed by atoms with Gasteiger partial charge >= 0.3 is 18.1 Å². The summed E-state index contributed by atoms with van der Waals surface area (Å²) < 4.78 is 78.0. The molecule has 3 aromatic rings. The molecule has 1 saturated carbocycles. The number of aromatic amines is 1. The maximum atomic E-state index is 15.2. The van der Waals surface area contributed by atoms with Crippen molar-refractivity contribution in [2.45, 2.75) is 77.4 Å². The second kappa shape index (κ2) is 11.8. The van der Waals surface area contributed by atoms with Crippen molar-refractivity contribution in [3.63, 3.8) is 0 Å². The van der Waals surface area contributed by atoms with Crippen LogP contribution in [0.5, 0.6) is 5.75 Å². The SMILES string of the molecule is CCOC(=O)C1CCCC(c2cccc(C(Nc3c(C)[nH]n(-c4ccc(C)c(C)c4)c3=O)C(F)(F)C(F)(F)F)c2O)C1. The molecule has 1 aliphatic carbocycles. The fraction of sp³-hybridized carbons (Fsp3) is 0.467. The van der Waals surface area contributed by atoms with Crippen molar-refractivity contribution in [2.75, 3.05) is 11.9 Å². The van der Waals surface area contributed by atoms with Crippen molar-refractivity contribution in [1.29, 1.82) is 0 Å². The Morgan fingerprint density at radius 1 is 1.12 bits per heavy atom. The number of nitrogens with zero attached hydrogens (tertiary/aromatic N) is 1. The monoisotopic (exact) mass is 595 g/mol. The number of ether oxygens (including phenoxy) is 1. The second-order valence-electron chi connectivity index (χ2n) is 10.8. The zero-order valence-corrected chi connectivity index (χ0v) is 23.7. The first-order valence-electron chi connectivity index (χ1n) is 13.8. The second-order valence-corrected chi connectivity index (χ2v) is 10.8. The zero-order valence-electron chi connectivity index (χ0n) is 23.7. The molecule has 228 valence electrons. The van der Waals surface area contributed by atoms with Gasteiger partial charge in [-0.25, -0.2) is 4.68 Å². The van der Waals surface area contributed by atoms with E-state index in [9.17, 15) is 27.9 Å². The molecule has 3 unspecified atom stereocenters. The van der Waals surface area contributed by atoms with Gasteiger partial charge < -0.3 is 15.2 Å². The van der Waals surface area contributed by atoms with Gasteiger partial charge in [0.25, 0.3) is 5.56 Å². The zero-order chi connectivity index (χ0) is 31.0. The maximum Gasteiger partial charge on any atom is 0.455 e. The number of nitrogens with one attached hydrogen (secondary N) is 2. The number of aryl methyl sites for hydroxylation is 3. The van der Waals surface area contributed by atoms with Crippen LogP contribution in [0.15, 0.2) is 41.2 Å². The van der Waals surface area contributed by atoms with Gasteiger partial charge in [-0.3, -0.25) is 14.7 Å². The molecule has 1 heterocycles. The van der Waals surface area contributed by atoms with Crippen LogP contribution in [0.25, 0.3) is 5.69 Å². The Morgan fingerprint density at radius 3 is 2.48 bits per heavy atom. The quantitative estimate of drug-likeness (QED) is 0.193. The first-order chi connectivity index (χ1) is 19.7. The van der Waals surface area contributed by atoms with Crippen LogP contribution in [-0.4, -0.2) is 39.6 Å². The number of hydrogen-bond acceptors (Lipinski definition) is 5. The number of aromatic hydroxyl groups is 1. The molecule has 2 aromatic carbocycles. The number of anilines is 1. The average molecular weight is 596 g/mol. The lowest BCUT2D eigenvalue weighted by Crippen LogP contribution is -2.45. The number of carbonyl (C=O) groups excluding carboxylic acids is 1. The van der Waals surface area contributed by atoms with E-state index >= 15 is 8.78 Å². The lowest BCUT2D eigenvalue weighted by atomic mass is 9.77. The van der Waals surface area contributed by atoms with Gasteiger partial charge in [0.05, 0.1) is 23.9 Å². The number of hydrogen-bond donors (Lipinski definition) is 3. The van der Waals surface area contributed by atoms with Crippen molar-refractivity contribution in [3.05, 3.63) is 74.7 Å². The van der Waals surface area contributed by atoms with Gasteiger partial charge in [0.15, 0.2) is 0 Å². The Balaban J connectivity index is 1.77. The van der Waals surface area contributed by atoms with Crippen LogP contribution in [0.1, 0.15) is 72.5 Å². The van der Waals surface area contributed by atoms with E-state index in [1.165, 1.54) is 19.1 Å². The highest BCUT2D eigenvalue weighted by molar-refractivity contribution is 5.72. The van der Waals surface area contributed by atoms with E-state index < -0.39 is 58.5 Å². The molecule has 1 fully saturated rings. The van der Waals surface area contributed by atoms with Crippen molar-refractivity contribution < 1.29 is 36.6 Å². The molecular weight excluding hydrogens is 561 g/mol. The van der Waals surface area contributed by atoms with Gasteiger partial charge in [0, 0.05) is 5.56 Å². The molecule has 42 heavy (non-hydrogen) atoms.